The third-order valence-electron chi connectivity index (χ3n) is 1.98. The molecular weight excluding hydrogens is 126 g/mol. The van der Waals surface area contributed by atoms with Crippen LogP contribution in [0.1, 0.15) is 13.3 Å². The van der Waals surface area contributed by atoms with E-state index in [1.54, 1.807) is 0 Å². The molecule has 10 heavy (non-hydrogen) atoms. The summed E-state index contributed by atoms with van der Waals surface area (Å²) >= 11 is 0. The Labute approximate surface area is 63.6 Å². The molecule has 0 unspecified atom stereocenters. The highest BCUT2D eigenvalue weighted by Crippen LogP contribution is 2.00. The summed E-state index contributed by atoms with van der Waals surface area (Å²) in [6.07, 6.45) is 1.08. The van der Waals surface area contributed by atoms with E-state index in [4.69, 9.17) is 0 Å². The van der Waals surface area contributed by atoms with E-state index in [-0.39, 0.29) is 5.66 Å². The van der Waals surface area contributed by atoms with Gasteiger partial charge in [0.1, 0.15) is 0 Å². The van der Waals surface area contributed by atoms with Crippen LogP contribution in [0.15, 0.2) is 0 Å². The molecule has 3 nitrogen and oxygen atoms in total. The average Bonchev–Trinajstić information content (AvgIpc) is 2.00. The minimum Gasteiger partial charge on any atom is -0.320 e. The fraction of sp³-hybridized carbons (Fsp3) is 1.00. The summed E-state index contributed by atoms with van der Waals surface area (Å²) in [5, 5.41) is 9.54. The summed E-state index contributed by atoms with van der Waals surface area (Å²) in [6, 6.07) is 0. The van der Waals surface area contributed by atoms with Gasteiger partial charge in [0, 0.05) is 0 Å². The van der Waals surface area contributed by atoms with E-state index in [9.17, 15) is 0 Å². The summed E-state index contributed by atoms with van der Waals surface area (Å²) in [6.45, 7) is 3.17. The van der Waals surface area contributed by atoms with Crippen LogP contribution in [0.4, 0.5) is 0 Å². The van der Waals surface area contributed by atoms with Gasteiger partial charge >= 0.3 is 0 Å². The average molecular weight is 145 g/mol. The predicted octanol–water partition coefficient (Wildman–Crippen LogP) is -0.249. The molecular formula is C7H19N3. The fourth-order valence-corrected chi connectivity index (χ4v) is 0.750. The summed E-state index contributed by atoms with van der Waals surface area (Å²) < 4.78 is 0. The zero-order valence-electron chi connectivity index (χ0n) is 7.41. The SMILES string of the molecule is CNCCC(C)(NC)NC. The monoisotopic (exact) mass is 145 g/mol. The summed E-state index contributed by atoms with van der Waals surface area (Å²) in [7, 11) is 5.89. The molecule has 0 fully saturated rings. The van der Waals surface area contributed by atoms with Gasteiger partial charge in [-0.25, -0.2) is 0 Å². The molecule has 0 saturated carbocycles. The highest BCUT2D eigenvalue weighted by molar-refractivity contribution is 4.76. The highest BCUT2D eigenvalue weighted by atomic mass is 15.2. The fourth-order valence-electron chi connectivity index (χ4n) is 0.750. The van der Waals surface area contributed by atoms with Crippen molar-refractivity contribution in [3.05, 3.63) is 0 Å². The smallest absolute Gasteiger partial charge is 0.0665 e. The van der Waals surface area contributed by atoms with Gasteiger partial charge < -0.3 is 16.0 Å². The summed E-state index contributed by atoms with van der Waals surface area (Å²) in [4.78, 5) is 0. The topological polar surface area (TPSA) is 36.1 Å². The molecule has 0 aromatic heterocycles. The maximum Gasteiger partial charge on any atom is 0.0665 e. The van der Waals surface area contributed by atoms with Gasteiger partial charge in [0.2, 0.25) is 0 Å². The Morgan fingerprint density at radius 3 is 1.90 bits per heavy atom. The second kappa shape index (κ2) is 4.66. The minimum atomic E-state index is 0.0724. The normalized spacial score (nSPS) is 12.0. The van der Waals surface area contributed by atoms with Gasteiger partial charge in [-0.1, -0.05) is 0 Å². The largest absolute Gasteiger partial charge is 0.320 e. The molecule has 0 radical (unpaired) electrons. The first-order chi connectivity index (χ1) is 4.68. The van der Waals surface area contributed by atoms with Crippen LogP contribution < -0.4 is 16.0 Å². The van der Waals surface area contributed by atoms with Crippen molar-refractivity contribution in [3.8, 4) is 0 Å². The molecule has 3 heteroatoms. The summed E-state index contributed by atoms with van der Waals surface area (Å²) in [5.41, 5.74) is 0.0724. The lowest BCUT2D eigenvalue weighted by atomic mass is 10.1. The van der Waals surface area contributed by atoms with Crippen LogP contribution in [0.2, 0.25) is 0 Å². The van der Waals surface area contributed by atoms with Gasteiger partial charge in [-0.2, -0.15) is 0 Å². The zero-order valence-corrected chi connectivity index (χ0v) is 7.41. The van der Waals surface area contributed by atoms with Gasteiger partial charge in [0.15, 0.2) is 0 Å². The van der Waals surface area contributed by atoms with Gasteiger partial charge in [-0.05, 0) is 41.0 Å². The molecule has 0 saturated heterocycles. The van der Waals surface area contributed by atoms with E-state index in [2.05, 4.69) is 22.9 Å². The first kappa shape index (κ1) is 9.88. The maximum absolute atomic E-state index is 3.21. The van der Waals surface area contributed by atoms with Gasteiger partial charge in [-0.15, -0.1) is 0 Å². The highest BCUT2D eigenvalue weighted by Gasteiger charge is 2.16. The summed E-state index contributed by atoms with van der Waals surface area (Å²) in [5.74, 6) is 0. The standard InChI is InChI=1S/C7H19N3/c1-7(9-3,10-4)5-6-8-2/h8-10H,5-6H2,1-4H3. The maximum atomic E-state index is 3.21. The Balaban J connectivity index is 3.58. The van der Waals surface area contributed by atoms with Crippen molar-refractivity contribution in [1.82, 2.24) is 16.0 Å². The number of rotatable bonds is 5. The Bertz CT molecular complexity index is 78.9. The molecule has 0 spiro atoms. The van der Waals surface area contributed by atoms with Crippen molar-refractivity contribution in [3.63, 3.8) is 0 Å². The van der Waals surface area contributed by atoms with Crippen molar-refractivity contribution in [2.24, 2.45) is 0 Å². The molecule has 0 heterocycles. The first-order valence-corrected chi connectivity index (χ1v) is 3.71. The van der Waals surface area contributed by atoms with Crippen molar-refractivity contribution in [2.45, 2.75) is 19.0 Å². The van der Waals surface area contributed by atoms with Crippen molar-refractivity contribution in [1.29, 1.82) is 0 Å². The lowest BCUT2D eigenvalue weighted by Crippen LogP contribution is -2.52. The molecule has 0 bridgehead atoms. The molecule has 62 valence electrons. The van der Waals surface area contributed by atoms with Crippen molar-refractivity contribution in [2.75, 3.05) is 27.7 Å². The van der Waals surface area contributed by atoms with Crippen LogP contribution >= 0.6 is 0 Å². The Morgan fingerprint density at radius 1 is 1.10 bits per heavy atom. The van der Waals surface area contributed by atoms with Crippen molar-refractivity contribution < 1.29 is 0 Å². The van der Waals surface area contributed by atoms with Crippen LogP contribution in [-0.2, 0) is 0 Å². The molecule has 0 aliphatic carbocycles. The van der Waals surface area contributed by atoms with Crippen molar-refractivity contribution >= 4 is 0 Å². The lowest BCUT2D eigenvalue weighted by molar-refractivity contribution is 0.302. The lowest BCUT2D eigenvalue weighted by Gasteiger charge is -2.28. The molecule has 0 aromatic carbocycles. The van der Waals surface area contributed by atoms with Gasteiger partial charge in [0.25, 0.3) is 0 Å². The Hall–Kier alpha value is -0.120. The first-order valence-electron chi connectivity index (χ1n) is 3.71. The number of nitrogens with one attached hydrogen (secondary N) is 3. The number of hydrogen-bond donors (Lipinski definition) is 3. The van der Waals surface area contributed by atoms with Crippen LogP contribution in [0.3, 0.4) is 0 Å². The molecule has 0 aliphatic heterocycles. The molecule has 0 atom stereocenters. The van der Waals surface area contributed by atoms with E-state index in [0.717, 1.165) is 13.0 Å². The van der Waals surface area contributed by atoms with Gasteiger partial charge in [0.05, 0.1) is 5.66 Å². The molecule has 0 amide bonds. The van der Waals surface area contributed by atoms with E-state index >= 15 is 0 Å². The number of hydrogen-bond acceptors (Lipinski definition) is 3. The van der Waals surface area contributed by atoms with E-state index < -0.39 is 0 Å². The Kier molecular flexibility index (Phi) is 4.60. The minimum absolute atomic E-state index is 0.0724. The second-order valence-electron chi connectivity index (χ2n) is 2.69. The second-order valence-corrected chi connectivity index (χ2v) is 2.69. The molecule has 3 N–H and O–H groups in total. The van der Waals surface area contributed by atoms with Crippen LogP contribution in [0.5, 0.6) is 0 Å². The Morgan fingerprint density at radius 2 is 1.60 bits per heavy atom. The van der Waals surface area contributed by atoms with E-state index in [0.29, 0.717) is 0 Å². The quantitative estimate of drug-likeness (QED) is 0.467. The zero-order chi connectivity index (χ0) is 8.04. The third kappa shape index (κ3) is 3.15. The third-order valence-corrected chi connectivity index (χ3v) is 1.98. The van der Waals surface area contributed by atoms with Crippen LogP contribution in [0, 0.1) is 0 Å². The predicted molar refractivity (Wildman–Crippen MR) is 45.1 cm³/mol. The molecule has 0 rings (SSSR count). The van der Waals surface area contributed by atoms with E-state index in [1.807, 2.05) is 21.1 Å². The van der Waals surface area contributed by atoms with Crippen LogP contribution in [0.25, 0.3) is 0 Å². The molecule has 0 aromatic rings. The molecule has 0 aliphatic rings. The van der Waals surface area contributed by atoms with Crippen LogP contribution in [-0.4, -0.2) is 33.4 Å². The van der Waals surface area contributed by atoms with Gasteiger partial charge in [-0.3, -0.25) is 0 Å². The van der Waals surface area contributed by atoms with E-state index in [1.165, 1.54) is 0 Å².